The molecule has 96 valence electrons. The summed E-state index contributed by atoms with van der Waals surface area (Å²) >= 11 is 6.40. The molecule has 0 unspecified atom stereocenters. The first-order valence-corrected chi connectivity index (χ1v) is 6.65. The van der Waals surface area contributed by atoms with Gasteiger partial charge in [-0.15, -0.1) is 0 Å². The summed E-state index contributed by atoms with van der Waals surface area (Å²) in [7, 11) is 0. The largest absolute Gasteiger partial charge is 0.357 e. The molecule has 0 aliphatic heterocycles. The Bertz CT molecular complexity index is 723. The van der Waals surface area contributed by atoms with Gasteiger partial charge in [-0.1, -0.05) is 41.9 Å². The fraction of sp³-hybridized carbons (Fsp3) is 0.125. The van der Waals surface area contributed by atoms with Crippen molar-refractivity contribution in [1.29, 1.82) is 0 Å². The second-order valence-electron chi connectivity index (χ2n) is 4.66. The Hall–Kier alpha value is -1.77. The monoisotopic (exact) mass is 270 g/mol. The number of aryl methyl sites for hydroxylation is 1. The maximum absolute atomic E-state index is 6.40. The van der Waals surface area contributed by atoms with Gasteiger partial charge in [-0.2, -0.15) is 0 Å². The van der Waals surface area contributed by atoms with Crippen molar-refractivity contribution in [3.8, 4) is 11.1 Å². The number of para-hydroxylation sites is 1. The second kappa shape index (κ2) is 4.72. The van der Waals surface area contributed by atoms with Gasteiger partial charge >= 0.3 is 0 Å². The number of hydrogen-bond acceptors (Lipinski definition) is 1. The van der Waals surface area contributed by atoms with Crippen LogP contribution in [-0.2, 0) is 6.54 Å². The van der Waals surface area contributed by atoms with E-state index in [0.717, 1.165) is 32.9 Å². The third kappa shape index (κ3) is 1.93. The first-order valence-electron chi connectivity index (χ1n) is 6.27. The molecule has 2 aromatic carbocycles. The van der Waals surface area contributed by atoms with Gasteiger partial charge in [0.15, 0.2) is 0 Å². The molecule has 3 aromatic rings. The van der Waals surface area contributed by atoms with Crippen molar-refractivity contribution in [2.24, 2.45) is 5.73 Å². The zero-order valence-electron chi connectivity index (χ0n) is 10.7. The minimum Gasteiger partial charge on any atom is -0.357 e. The molecule has 0 saturated carbocycles. The third-order valence-electron chi connectivity index (χ3n) is 3.46. The van der Waals surface area contributed by atoms with E-state index in [1.807, 2.05) is 24.3 Å². The lowest BCUT2D eigenvalue weighted by Crippen LogP contribution is -1.99. The highest BCUT2D eigenvalue weighted by molar-refractivity contribution is 6.34. The first kappa shape index (κ1) is 12.3. The maximum Gasteiger partial charge on any atom is 0.0487 e. The summed E-state index contributed by atoms with van der Waals surface area (Å²) in [5.74, 6) is 0. The molecule has 0 aliphatic carbocycles. The van der Waals surface area contributed by atoms with Crippen LogP contribution in [0.1, 0.15) is 11.3 Å². The normalized spacial score (nSPS) is 11.1. The molecule has 0 radical (unpaired) electrons. The summed E-state index contributed by atoms with van der Waals surface area (Å²) in [5, 5.41) is 1.93. The number of halogens is 1. The number of aromatic nitrogens is 1. The molecule has 1 aromatic heterocycles. The minimum absolute atomic E-state index is 0.467. The lowest BCUT2D eigenvalue weighted by molar-refractivity contribution is 1.02. The number of nitrogens with two attached hydrogens (primary N) is 1. The van der Waals surface area contributed by atoms with E-state index in [2.05, 4.69) is 30.1 Å². The van der Waals surface area contributed by atoms with E-state index in [9.17, 15) is 0 Å². The Morgan fingerprint density at radius 1 is 1.05 bits per heavy atom. The van der Waals surface area contributed by atoms with Gasteiger partial charge in [-0.25, -0.2) is 0 Å². The highest BCUT2D eigenvalue weighted by Crippen LogP contribution is 2.38. The molecule has 0 atom stereocenters. The number of hydrogen-bond donors (Lipinski definition) is 2. The Labute approximate surface area is 117 Å². The maximum atomic E-state index is 6.40. The smallest absolute Gasteiger partial charge is 0.0487 e. The molecule has 0 amide bonds. The zero-order valence-corrected chi connectivity index (χ0v) is 11.5. The van der Waals surface area contributed by atoms with Crippen LogP contribution < -0.4 is 5.73 Å². The highest BCUT2D eigenvalue weighted by atomic mass is 35.5. The van der Waals surface area contributed by atoms with Crippen molar-refractivity contribution < 1.29 is 0 Å². The molecule has 3 rings (SSSR count). The summed E-state index contributed by atoms with van der Waals surface area (Å²) < 4.78 is 0. The third-order valence-corrected chi connectivity index (χ3v) is 3.77. The number of benzene rings is 2. The van der Waals surface area contributed by atoms with E-state index in [-0.39, 0.29) is 0 Å². The fourth-order valence-corrected chi connectivity index (χ4v) is 2.90. The summed E-state index contributed by atoms with van der Waals surface area (Å²) in [6.45, 7) is 2.54. The average molecular weight is 271 g/mol. The lowest BCUT2D eigenvalue weighted by Gasteiger charge is -2.09. The molecule has 0 fully saturated rings. The van der Waals surface area contributed by atoms with Crippen molar-refractivity contribution in [3.05, 3.63) is 58.7 Å². The Morgan fingerprint density at radius 3 is 2.58 bits per heavy atom. The van der Waals surface area contributed by atoms with Crippen LogP contribution in [0, 0.1) is 6.92 Å². The molecular weight excluding hydrogens is 256 g/mol. The van der Waals surface area contributed by atoms with E-state index < -0.39 is 0 Å². The molecule has 0 saturated heterocycles. The van der Waals surface area contributed by atoms with Crippen molar-refractivity contribution in [2.45, 2.75) is 13.5 Å². The van der Waals surface area contributed by atoms with Gasteiger partial charge in [-0.3, -0.25) is 0 Å². The fourth-order valence-electron chi connectivity index (χ4n) is 2.58. The number of aromatic amines is 1. The van der Waals surface area contributed by atoms with Gasteiger partial charge in [-0.05, 0) is 24.6 Å². The van der Waals surface area contributed by atoms with Gasteiger partial charge in [0.25, 0.3) is 0 Å². The topological polar surface area (TPSA) is 41.8 Å². The Balaban J connectivity index is 2.41. The molecule has 2 nitrogen and oxygen atoms in total. The molecular formula is C16H15ClN2. The van der Waals surface area contributed by atoms with Crippen molar-refractivity contribution in [1.82, 2.24) is 4.98 Å². The Kier molecular flexibility index (Phi) is 3.05. The molecule has 0 aliphatic rings. The second-order valence-corrected chi connectivity index (χ2v) is 5.07. The minimum atomic E-state index is 0.467. The van der Waals surface area contributed by atoms with E-state index in [4.69, 9.17) is 17.3 Å². The van der Waals surface area contributed by atoms with Gasteiger partial charge < -0.3 is 10.7 Å². The van der Waals surface area contributed by atoms with Crippen LogP contribution in [0.25, 0.3) is 22.0 Å². The van der Waals surface area contributed by atoms with Gasteiger partial charge in [0.05, 0.1) is 0 Å². The molecule has 3 N–H and O–H groups in total. The van der Waals surface area contributed by atoms with E-state index in [0.29, 0.717) is 6.54 Å². The standard InChI is InChI=1S/C16H15ClN2/c1-10-5-4-7-12(17)15(10)16-11-6-2-3-8-13(11)19-14(16)9-18/h2-8,19H,9,18H2,1H3. The van der Waals surface area contributed by atoms with Crippen LogP contribution in [0.15, 0.2) is 42.5 Å². The van der Waals surface area contributed by atoms with Crippen molar-refractivity contribution in [3.63, 3.8) is 0 Å². The molecule has 0 bridgehead atoms. The van der Waals surface area contributed by atoms with Gasteiger partial charge in [0.2, 0.25) is 0 Å². The number of H-pyrrole nitrogens is 1. The van der Waals surface area contributed by atoms with E-state index in [1.165, 1.54) is 5.39 Å². The summed E-state index contributed by atoms with van der Waals surface area (Å²) in [4.78, 5) is 3.38. The highest BCUT2D eigenvalue weighted by Gasteiger charge is 2.16. The summed E-state index contributed by atoms with van der Waals surface area (Å²) in [6, 6.07) is 14.2. The molecule has 0 spiro atoms. The first-order chi connectivity index (χ1) is 9.22. The molecule has 1 heterocycles. The number of nitrogens with one attached hydrogen (secondary N) is 1. The average Bonchev–Trinajstić information content (AvgIpc) is 2.77. The van der Waals surface area contributed by atoms with Crippen LogP contribution in [0.5, 0.6) is 0 Å². The Morgan fingerprint density at radius 2 is 1.84 bits per heavy atom. The quantitative estimate of drug-likeness (QED) is 0.718. The zero-order chi connectivity index (χ0) is 13.4. The predicted octanol–water partition coefficient (Wildman–Crippen LogP) is 4.26. The van der Waals surface area contributed by atoms with E-state index in [1.54, 1.807) is 0 Å². The van der Waals surface area contributed by atoms with Crippen LogP contribution in [-0.4, -0.2) is 4.98 Å². The van der Waals surface area contributed by atoms with Gasteiger partial charge in [0.1, 0.15) is 0 Å². The van der Waals surface area contributed by atoms with Crippen LogP contribution in [0.3, 0.4) is 0 Å². The van der Waals surface area contributed by atoms with Crippen molar-refractivity contribution >= 4 is 22.5 Å². The SMILES string of the molecule is Cc1cccc(Cl)c1-c1c(CN)[nH]c2ccccc12. The lowest BCUT2D eigenvalue weighted by atomic mass is 9.97. The number of rotatable bonds is 2. The summed E-state index contributed by atoms with van der Waals surface area (Å²) in [6.07, 6.45) is 0. The van der Waals surface area contributed by atoms with Crippen LogP contribution in [0.4, 0.5) is 0 Å². The van der Waals surface area contributed by atoms with Gasteiger partial charge in [0, 0.05) is 39.3 Å². The van der Waals surface area contributed by atoms with E-state index >= 15 is 0 Å². The van der Waals surface area contributed by atoms with Crippen LogP contribution >= 0.6 is 11.6 Å². The van der Waals surface area contributed by atoms with Crippen molar-refractivity contribution in [2.75, 3.05) is 0 Å². The van der Waals surface area contributed by atoms with Crippen LogP contribution in [0.2, 0.25) is 5.02 Å². The summed E-state index contributed by atoms with van der Waals surface area (Å²) in [5.41, 5.74) is 11.4. The predicted molar refractivity (Wildman–Crippen MR) is 81.4 cm³/mol. The molecule has 19 heavy (non-hydrogen) atoms. The number of fused-ring (bicyclic) bond motifs is 1. The molecule has 3 heteroatoms.